The van der Waals surface area contributed by atoms with E-state index in [-0.39, 0.29) is 24.1 Å². The molecule has 0 amide bonds. The summed E-state index contributed by atoms with van der Waals surface area (Å²) in [5.74, 6) is 0.0803. The van der Waals surface area contributed by atoms with Gasteiger partial charge >= 0.3 is 6.01 Å². The van der Waals surface area contributed by atoms with Gasteiger partial charge in [0.15, 0.2) is 5.65 Å². The lowest BCUT2D eigenvalue weighted by molar-refractivity contribution is 0.276. The lowest BCUT2D eigenvalue weighted by atomic mass is 9.98. The van der Waals surface area contributed by atoms with Gasteiger partial charge in [0.25, 0.3) is 5.56 Å². The van der Waals surface area contributed by atoms with Gasteiger partial charge in [0, 0.05) is 36.1 Å². The first-order chi connectivity index (χ1) is 17.5. The van der Waals surface area contributed by atoms with E-state index in [1.807, 2.05) is 32.0 Å². The number of fused-ring (bicyclic) bond motifs is 1. The summed E-state index contributed by atoms with van der Waals surface area (Å²) in [6.45, 7) is 4.50. The molecule has 0 unspecified atom stereocenters. The largest absolute Gasteiger partial charge is 0.456 e. The number of hydrogen-bond acceptors (Lipinski definition) is 8. The summed E-state index contributed by atoms with van der Waals surface area (Å²) in [5.41, 5.74) is 11.0. The van der Waals surface area contributed by atoms with Gasteiger partial charge in [-0.1, -0.05) is 24.3 Å². The first-order valence-electron chi connectivity index (χ1n) is 11.3. The van der Waals surface area contributed by atoms with Crippen LogP contribution in [0.3, 0.4) is 0 Å². The highest BCUT2D eigenvalue weighted by Crippen LogP contribution is 2.36. The molecule has 0 aliphatic rings. The van der Waals surface area contributed by atoms with Crippen molar-refractivity contribution in [1.29, 1.82) is 5.26 Å². The molecule has 1 aromatic carbocycles. The molecule has 4 aromatic heterocycles. The summed E-state index contributed by atoms with van der Waals surface area (Å²) >= 11 is 0. The van der Waals surface area contributed by atoms with Crippen LogP contribution in [0.15, 0.2) is 65.7 Å². The molecular weight excluding hydrogens is 456 g/mol. The fourth-order valence-corrected chi connectivity index (χ4v) is 3.98. The van der Waals surface area contributed by atoms with Crippen LogP contribution in [0.1, 0.15) is 23.7 Å². The maximum atomic E-state index is 12.3. The number of nitrogens with zero attached hydrogens (tertiary/aromatic N) is 7. The normalized spacial score (nSPS) is 10.9. The number of nitrogens with two attached hydrogens (primary N) is 1. The smallest absolute Gasteiger partial charge is 0.336 e. The van der Waals surface area contributed by atoms with Crippen molar-refractivity contribution in [3.63, 3.8) is 0 Å². The molecule has 0 atom stereocenters. The highest BCUT2D eigenvalue weighted by Gasteiger charge is 2.22. The zero-order valence-corrected chi connectivity index (χ0v) is 19.7. The Morgan fingerprint density at radius 3 is 2.72 bits per heavy atom. The van der Waals surface area contributed by atoms with Crippen LogP contribution in [0, 0.1) is 18.3 Å². The first-order valence-corrected chi connectivity index (χ1v) is 11.3. The molecule has 10 nitrogen and oxygen atoms in total. The predicted octanol–water partition coefficient (Wildman–Crippen LogP) is 3.38. The van der Waals surface area contributed by atoms with Gasteiger partial charge in [0.1, 0.15) is 6.61 Å². The standard InChI is InChI=1S/C26H22N8O2/c1-3-33-14-18(10-11-21(33)35)22-23(19-9-5-4-8-17(19)13-27)30-25(28)34-24(22)31-26(32-34)36-15-20-16(2)7-6-12-29-20/h4-12,14H,3,15H2,1-2H3,(H2,28,30). The van der Waals surface area contributed by atoms with E-state index in [1.165, 1.54) is 10.6 Å². The lowest BCUT2D eigenvalue weighted by Gasteiger charge is -2.14. The van der Waals surface area contributed by atoms with Crippen LogP contribution < -0.4 is 16.0 Å². The predicted molar refractivity (Wildman–Crippen MR) is 134 cm³/mol. The fraction of sp³-hybridized carbons (Fsp3) is 0.154. The third kappa shape index (κ3) is 4.03. The Morgan fingerprint density at radius 1 is 1.11 bits per heavy atom. The van der Waals surface area contributed by atoms with Gasteiger partial charge in [-0.05, 0) is 37.6 Å². The minimum Gasteiger partial charge on any atom is -0.456 e. The SMILES string of the molecule is CCn1cc(-c2c(-c3ccccc3C#N)nc(N)n3nc(OCc4ncccc4C)nc23)ccc1=O. The molecule has 0 radical (unpaired) electrons. The van der Waals surface area contributed by atoms with Gasteiger partial charge in [0.05, 0.1) is 28.6 Å². The van der Waals surface area contributed by atoms with Crippen LogP contribution >= 0.6 is 0 Å². The molecule has 0 bridgehead atoms. The number of aryl methyl sites for hydroxylation is 2. The quantitative estimate of drug-likeness (QED) is 0.392. The van der Waals surface area contributed by atoms with Gasteiger partial charge in [-0.15, -0.1) is 5.10 Å². The zero-order chi connectivity index (χ0) is 25.2. The van der Waals surface area contributed by atoms with E-state index in [2.05, 4.69) is 26.1 Å². The van der Waals surface area contributed by atoms with Crippen LogP contribution in [0.2, 0.25) is 0 Å². The van der Waals surface area contributed by atoms with Gasteiger partial charge in [-0.25, -0.2) is 4.98 Å². The molecule has 0 aliphatic heterocycles. The van der Waals surface area contributed by atoms with E-state index >= 15 is 0 Å². The number of nitrogen functional groups attached to an aromatic ring is 1. The van der Waals surface area contributed by atoms with Crippen molar-refractivity contribution in [2.75, 3.05) is 5.73 Å². The number of aromatic nitrogens is 6. The van der Waals surface area contributed by atoms with Crippen molar-refractivity contribution in [2.45, 2.75) is 27.0 Å². The second kappa shape index (κ2) is 9.31. The monoisotopic (exact) mass is 478 g/mol. The molecule has 4 heterocycles. The van der Waals surface area contributed by atoms with Crippen LogP contribution in [-0.4, -0.2) is 29.1 Å². The van der Waals surface area contributed by atoms with Crippen molar-refractivity contribution in [1.82, 2.24) is 29.1 Å². The Bertz CT molecular complexity index is 1700. The molecule has 5 rings (SSSR count). The van der Waals surface area contributed by atoms with Gasteiger partial charge in [-0.2, -0.15) is 14.8 Å². The van der Waals surface area contributed by atoms with Gasteiger partial charge in [-0.3, -0.25) is 9.78 Å². The summed E-state index contributed by atoms with van der Waals surface area (Å²) < 4.78 is 8.84. The summed E-state index contributed by atoms with van der Waals surface area (Å²) in [7, 11) is 0. The van der Waals surface area contributed by atoms with E-state index < -0.39 is 0 Å². The summed E-state index contributed by atoms with van der Waals surface area (Å²) in [6.07, 6.45) is 3.44. The minimum absolute atomic E-state index is 0.0803. The van der Waals surface area contributed by atoms with Crippen LogP contribution in [0.4, 0.5) is 5.95 Å². The molecule has 36 heavy (non-hydrogen) atoms. The molecule has 0 fully saturated rings. The Kier molecular flexibility index (Phi) is 5.88. The average Bonchev–Trinajstić information content (AvgIpc) is 3.33. The van der Waals surface area contributed by atoms with E-state index in [1.54, 1.807) is 41.2 Å². The molecule has 5 aromatic rings. The third-order valence-electron chi connectivity index (χ3n) is 5.86. The number of hydrogen-bond donors (Lipinski definition) is 1. The Hall–Kier alpha value is -5.04. The second-order valence-corrected chi connectivity index (χ2v) is 8.08. The van der Waals surface area contributed by atoms with E-state index in [4.69, 9.17) is 10.5 Å². The molecule has 2 N–H and O–H groups in total. The Balaban J connectivity index is 1.73. The molecule has 0 saturated carbocycles. The van der Waals surface area contributed by atoms with E-state index in [0.29, 0.717) is 40.1 Å². The Morgan fingerprint density at radius 2 is 1.94 bits per heavy atom. The Labute approximate surface area is 206 Å². The highest BCUT2D eigenvalue weighted by atomic mass is 16.5. The lowest BCUT2D eigenvalue weighted by Crippen LogP contribution is -2.17. The molecule has 0 saturated heterocycles. The number of benzene rings is 1. The van der Waals surface area contributed by atoms with Crippen LogP contribution in [0.5, 0.6) is 6.01 Å². The highest BCUT2D eigenvalue weighted by molar-refractivity contribution is 5.91. The van der Waals surface area contributed by atoms with Crippen molar-refractivity contribution in [2.24, 2.45) is 0 Å². The number of anilines is 1. The minimum atomic E-state index is -0.129. The molecule has 0 aliphatic carbocycles. The number of ether oxygens (including phenoxy) is 1. The fourth-order valence-electron chi connectivity index (χ4n) is 3.98. The molecule has 178 valence electrons. The maximum Gasteiger partial charge on any atom is 0.336 e. The van der Waals surface area contributed by atoms with Crippen molar-refractivity contribution in [3.8, 4) is 34.5 Å². The van der Waals surface area contributed by atoms with Crippen LogP contribution in [0.25, 0.3) is 28.0 Å². The summed E-state index contributed by atoms with van der Waals surface area (Å²) in [4.78, 5) is 25.9. The number of pyridine rings is 2. The summed E-state index contributed by atoms with van der Waals surface area (Å²) in [5, 5.41) is 14.1. The second-order valence-electron chi connectivity index (χ2n) is 8.08. The van der Waals surface area contributed by atoms with Crippen molar-refractivity contribution in [3.05, 3.63) is 88.1 Å². The molecule has 10 heteroatoms. The van der Waals surface area contributed by atoms with E-state index in [9.17, 15) is 10.1 Å². The number of rotatable bonds is 6. The zero-order valence-electron chi connectivity index (χ0n) is 19.7. The molecule has 0 spiro atoms. The topological polar surface area (TPSA) is 137 Å². The third-order valence-corrected chi connectivity index (χ3v) is 5.86. The van der Waals surface area contributed by atoms with E-state index in [0.717, 1.165) is 11.3 Å². The average molecular weight is 479 g/mol. The van der Waals surface area contributed by atoms with Gasteiger partial charge < -0.3 is 15.0 Å². The maximum absolute atomic E-state index is 12.3. The van der Waals surface area contributed by atoms with Crippen LogP contribution in [-0.2, 0) is 13.2 Å². The van der Waals surface area contributed by atoms with Crippen molar-refractivity contribution >= 4 is 11.6 Å². The number of nitriles is 1. The molecular formula is C26H22N8O2. The van der Waals surface area contributed by atoms with Gasteiger partial charge in [0.2, 0.25) is 5.95 Å². The van der Waals surface area contributed by atoms with Crippen molar-refractivity contribution < 1.29 is 4.74 Å². The first kappa shape index (κ1) is 22.7. The summed E-state index contributed by atoms with van der Waals surface area (Å²) in [6, 6.07) is 16.4.